The van der Waals surface area contributed by atoms with Crippen LogP contribution in [0.5, 0.6) is 5.75 Å². The molecule has 7 nitrogen and oxygen atoms in total. The molecule has 0 radical (unpaired) electrons. The monoisotopic (exact) mass is 302 g/mol. The Morgan fingerprint density at radius 1 is 1.40 bits per heavy atom. The highest BCUT2D eigenvalue weighted by atomic mass is 32.2. The van der Waals surface area contributed by atoms with E-state index in [9.17, 15) is 18.5 Å². The molecule has 1 aromatic rings. The number of sulfone groups is 1. The van der Waals surface area contributed by atoms with E-state index >= 15 is 0 Å². The predicted octanol–water partition coefficient (Wildman–Crippen LogP) is 1.84. The summed E-state index contributed by atoms with van der Waals surface area (Å²) in [6.07, 6.45) is 1.13. The van der Waals surface area contributed by atoms with Crippen molar-refractivity contribution >= 4 is 21.2 Å². The molecule has 0 heterocycles. The van der Waals surface area contributed by atoms with E-state index in [-0.39, 0.29) is 17.9 Å². The van der Waals surface area contributed by atoms with E-state index in [4.69, 9.17) is 4.74 Å². The van der Waals surface area contributed by atoms with Crippen LogP contribution in [0.2, 0.25) is 0 Å². The van der Waals surface area contributed by atoms with Crippen LogP contribution in [0.3, 0.4) is 0 Å². The van der Waals surface area contributed by atoms with Gasteiger partial charge < -0.3 is 10.1 Å². The van der Waals surface area contributed by atoms with E-state index < -0.39 is 19.5 Å². The van der Waals surface area contributed by atoms with Crippen molar-refractivity contribution in [1.29, 1.82) is 0 Å². The van der Waals surface area contributed by atoms with Crippen LogP contribution in [-0.2, 0) is 9.84 Å². The molecule has 112 valence electrons. The van der Waals surface area contributed by atoms with Crippen LogP contribution in [-0.4, -0.2) is 38.0 Å². The lowest BCUT2D eigenvalue weighted by molar-refractivity contribution is -0.384. The third kappa shape index (κ3) is 3.60. The molecule has 0 atom stereocenters. The van der Waals surface area contributed by atoms with Gasteiger partial charge in [-0.25, -0.2) is 8.42 Å². The second-order valence-electron chi connectivity index (χ2n) is 5.03. The third-order valence-electron chi connectivity index (χ3n) is 3.11. The number of anilines is 1. The van der Waals surface area contributed by atoms with Gasteiger partial charge in [0.05, 0.1) is 16.8 Å². The zero-order valence-electron chi connectivity index (χ0n) is 11.8. The highest BCUT2D eigenvalue weighted by molar-refractivity contribution is 7.92. The number of hydrogen-bond donors (Lipinski definition) is 1. The summed E-state index contributed by atoms with van der Waals surface area (Å²) in [4.78, 5) is 10.4. The summed E-state index contributed by atoms with van der Waals surface area (Å²) in [5, 5.41) is 13.8. The number of nitrogens with one attached hydrogen (secondary N) is 1. The van der Waals surface area contributed by atoms with E-state index in [1.165, 1.54) is 25.3 Å². The molecular formula is C12H18N2O5S. The Morgan fingerprint density at radius 2 is 2.00 bits per heavy atom. The van der Waals surface area contributed by atoms with Crippen molar-refractivity contribution in [2.24, 2.45) is 0 Å². The molecular weight excluding hydrogens is 284 g/mol. The molecule has 1 aromatic carbocycles. The first-order valence-corrected chi connectivity index (χ1v) is 7.73. The minimum atomic E-state index is -3.28. The van der Waals surface area contributed by atoms with Crippen molar-refractivity contribution in [2.75, 3.05) is 25.2 Å². The first-order chi connectivity index (χ1) is 9.08. The number of rotatable bonds is 6. The second kappa shape index (κ2) is 5.66. The quantitative estimate of drug-likeness (QED) is 0.636. The van der Waals surface area contributed by atoms with Crippen LogP contribution in [0.1, 0.15) is 13.8 Å². The average molecular weight is 302 g/mol. The standard InChI is InChI=1S/C12H18N2O5S/c1-12(2,20(4,17)18)8-13-10-7-9(19-3)5-6-11(10)14(15)16/h5-7,13H,8H2,1-4H3. The van der Waals surface area contributed by atoms with Crippen LogP contribution in [0.4, 0.5) is 11.4 Å². The van der Waals surface area contributed by atoms with E-state index in [1.807, 2.05) is 0 Å². The normalized spacial score (nSPS) is 12.0. The van der Waals surface area contributed by atoms with Gasteiger partial charge in [-0.15, -0.1) is 0 Å². The summed E-state index contributed by atoms with van der Waals surface area (Å²) >= 11 is 0. The summed E-state index contributed by atoms with van der Waals surface area (Å²) < 4.78 is 27.2. The van der Waals surface area contributed by atoms with Crippen LogP contribution < -0.4 is 10.1 Å². The van der Waals surface area contributed by atoms with Gasteiger partial charge in [-0.2, -0.15) is 0 Å². The first kappa shape index (κ1) is 16.2. The second-order valence-corrected chi connectivity index (χ2v) is 7.68. The molecule has 0 bridgehead atoms. The number of nitrogens with zero attached hydrogens (tertiary/aromatic N) is 1. The largest absolute Gasteiger partial charge is 0.497 e. The van der Waals surface area contributed by atoms with Crippen LogP contribution in [0.25, 0.3) is 0 Å². The van der Waals surface area contributed by atoms with Crippen LogP contribution >= 0.6 is 0 Å². The van der Waals surface area contributed by atoms with Gasteiger partial charge in [0.2, 0.25) is 0 Å². The molecule has 0 aliphatic carbocycles. The SMILES string of the molecule is COc1ccc([N+](=O)[O-])c(NCC(C)(C)S(C)(=O)=O)c1. The van der Waals surface area contributed by atoms with Gasteiger partial charge in [-0.1, -0.05) is 0 Å². The van der Waals surface area contributed by atoms with Crippen LogP contribution in [0, 0.1) is 10.1 Å². The van der Waals surface area contributed by atoms with Gasteiger partial charge >= 0.3 is 0 Å². The fraction of sp³-hybridized carbons (Fsp3) is 0.500. The minimum Gasteiger partial charge on any atom is -0.497 e. The lowest BCUT2D eigenvalue weighted by atomic mass is 10.2. The van der Waals surface area contributed by atoms with Crippen molar-refractivity contribution < 1.29 is 18.1 Å². The molecule has 0 saturated carbocycles. The van der Waals surface area contributed by atoms with Crippen molar-refractivity contribution in [3.8, 4) is 5.75 Å². The van der Waals surface area contributed by atoms with Crippen molar-refractivity contribution in [3.63, 3.8) is 0 Å². The number of methoxy groups -OCH3 is 1. The van der Waals surface area contributed by atoms with Crippen molar-refractivity contribution in [2.45, 2.75) is 18.6 Å². The number of nitro groups is 1. The first-order valence-electron chi connectivity index (χ1n) is 5.84. The fourth-order valence-electron chi connectivity index (χ4n) is 1.38. The van der Waals surface area contributed by atoms with Crippen LogP contribution in [0.15, 0.2) is 18.2 Å². The third-order valence-corrected chi connectivity index (χ3v) is 5.26. The maximum absolute atomic E-state index is 11.6. The summed E-state index contributed by atoms with van der Waals surface area (Å²) in [6, 6.07) is 4.26. The molecule has 0 aliphatic heterocycles. The summed E-state index contributed by atoms with van der Waals surface area (Å²) in [5.74, 6) is 0.454. The highest BCUT2D eigenvalue weighted by Gasteiger charge is 2.30. The molecule has 20 heavy (non-hydrogen) atoms. The summed E-state index contributed by atoms with van der Waals surface area (Å²) in [6.45, 7) is 3.17. The average Bonchev–Trinajstić information content (AvgIpc) is 2.34. The fourth-order valence-corrected chi connectivity index (χ4v) is 1.72. The Labute approximate surface area is 118 Å². The predicted molar refractivity (Wildman–Crippen MR) is 77.1 cm³/mol. The maximum Gasteiger partial charge on any atom is 0.292 e. The van der Waals surface area contributed by atoms with Gasteiger partial charge in [0, 0.05) is 24.9 Å². The Hall–Kier alpha value is -1.83. The lowest BCUT2D eigenvalue weighted by Crippen LogP contribution is -2.38. The number of hydrogen-bond acceptors (Lipinski definition) is 6. The molecule has 0 amide bonds. The highest BCUT2D eigenvalue weighted by Crippen LogP contribution is 2.29. The number of ether oxygens (including phenoxy) is 1. The zero-order chi connectivity index (χ0) is 15.6. The summed E-state index contributed by atoms with van der Waals surface area (Å²) in [7, 11) is -1.84. The Morgan fingerprint density at radius 3 is 2.45 bits per heavy atom. The molecule has 0 aromatic heterocycles. The van der Waals surface area contributed by atoms with Gasteiger partial charge in [0.1, 0.15) is 11.4 Å². The molecule has 0 saturated heterocycles. The Bertz CT molecular complexity index is 610. The van der Waals surface area contributed by atoms with E-state index in [2.05, 4.69) is 5.32 Å². The van der Waals surface area contributed by atoms with Crippen molar-refractivity contribution in [3.05, 3.63) is 28.3 Å². The van der Waals surface area contributed by atoms with Crippen molar-refractivity contribution in [1.82, 2.24) is 0 Å². The van der Waals surface area contributed by atoms with Gasteiger partial charge in [-0.3, -0.25) is 10.1 Å². The minimum absolute atomic E-state index is 0.0554. The molecule has 1 N–H and O–H groups in total. The molecule has 0 aliphatic rings. The molecule has 8 heteroatoms. The molecule has 0 fully saturated rings. The Balaban J connectivity index is 3.05. The van der Waals surface area contributed by atoms with Gasteiger partial charge in [-0.05, 0) is 19.9 Å². The number of benzene rings is 1. The molecule has 1 rings (SSSR count). The van der Waals surface area contributed by atoms with E-state index in [0.717, 1.165) is 6.26 Å². The lowest BCUT2D eigenvalue weighted by Gasteiger charge is -2.23. The smallest absolute Gasteiger partial charge is 0.292 e. The van der Waals surface area contributed by atoms with E-state index in [0.29, 0.717) is 5.75 Å². The van der Waals surface area contributed by atoms with Gasteiger partial charge in [0.25, 0.3) is 5.69 Å². The molecule has 0 spiro atoms. The van der Waals surface area contributed by atoms with E-state index in [1.54, 1.807) is 13.8 Å². The topological polar surface area (TPSA) is 98.5 Å². The van der Waals surface area contributed by atoms with Gasteiger partial charge in [0.15, 0.2) is 9.84 Å². The molecule has 0 unspecified atom stereocenters. The zero-order valence-corrected chi connectivity index (χ0v) is 12.7. The summed E-state index contributed by atoms with van der Waals surface area (Å²) in [5.41, 5.74) is 0.0983. The Kier molecular flexibility index (Phi) is 4.59. The maximum atomic E-state index is 11.6. The number of nitro benzene ring substituents is 1.